The number of hydrogen-bond acceptors (Lipinski definition) is 2. The molecule has 0 aliphatic heterocycles. The molecule has 0 fully saturated rings. The van der Waals surface area contributed by atoms with Crippen LogP contribution in [0.1, 0.15) is 11.1 Å². The van der Waals surface area contributed by atoms with E-state index >= 15 is 0 Å². The van der Waals surface area contributed by atoms with Crippen LogP contribution in [0.15, 0.2) is 116 Å². The zero-order valence-corrected chi connectivity index (χ0v) is 20.8. The molecule has 0 radical (unpaired) electrons. The van der Waals surface area contributed by atoms with Crippen LogP contribution in [-0.2, 0) is 0 Å². The zero-order chi connectivity index (χ0) is 24.9. The second-order valence-corrected chi connectivity index (χ2v) is 9.79. The fraction of sp³-hybridized carbons (Fsp3) is 0.0571. The number of pyridine rings is 1. The standard InChI is InChI=1S/C35H25NO/c1-22-17-23(2)19-25(18-22)37-35-30-14-8-7-13-29(30)34(33-21-36-16-15-31(33)35)32-20-24-9-3-4-10-26(24)27-11-5-6-12-28(27)32/h3-21H,1-2H3. The van der Waals surface area contributed by atoms with Gasteiger partial charge in [0.1, 0.15) is 11.5 Å². The van der Waals surface area contributed by atoms with Crippen molar-refractivity contribution in [2.45, 2.75) is 13.8 Å². The molecular weight excluding hydrogens is 450 g/mol. The molecule has 1 heterocycles. The quantitative estimate of drug-likeness (QED) is 0.187. The molecule has 0 atom stereocenters. The van der Waals surface area contributed by atoms with Crippen molar-refractivity contribution < 1.29 is 4.74 Å². The highest BCUT2D eigenvalue weighted by atomic mass is 16.5. The summed E-state index contributed by atoms with van der Waals surface area (Å²) in [5, 5.41) is 9.37. The summed E-state index contributed by atoms with van der Waals surface area (Å²) < 4.78 is 6.69. The van der Waals surface area contributed by atoms with E-state index in [1.165, 1.54) is 43.8 Å². The number of fused-ring (bicyclic) bond motifs is 5. The van der Waals surface area contributed by atoms with Crippen molar-refractivity contribution in [3.8, 4) is 22.6 Å². The lowest BCUT2D eigenvalue weighted by molar-refractivity contribution is 0.493. The Balaban J connectivity index is 1.61. The van der Waals surface area contributed by atoms with Crippen LogP contribution >= 0.6 is 0 Å². The maximum absolute atomic E-state index is 6.69. The van der Waals surface area contributed by atoms with Gasteiger partial charge >= 0.3 is 0 Å². The minimum Gasteiger partial charge on any atom is -0.456 e. The molecule has 0 saturated carbocycles. The molecule has 37 heavy (non-hydrogen) atoms. The average molecular weight is 476 g/mol. The first-order chi connectivity index (χ1) is 18.2. The van der Waals surface area contributed by atoms with Crippen LogP contribution in [0.2, 0.25) is 0 Å². The van der Waals surface area contributed by atoms with Gasteiger partial charge in [-0.1, -0.05) is 78.9 Å². The molecule has 0 saturated heterocycles. The van der Waals surface area contributed by atoms with Crippen LogP contribution in [0.25, 0.3) is 54.2 Å². The van der Waals surface area contributed by atoms with Gasteiger partial charge in [-0.05, 0) is 87.3 Å². The summed E-state index contributed by atoms with van der Waals surface area (Å²) in [6.07, 6.45) is 3.84. The smallest absolute Gasteiger partial charge is 0.143 e. The van der Waals surface area contributed by atoms with Gasteiger partial charge in [-0.25, -0.2) is 0 Å². The first-order valence-corrected chi connectivity index (χ1v) is 12.6. The lowest BCUT2D eigenvalue weighted by Gasteiger charge is -2.19. The van der Waals surface area contributed by atoms with E-state index in [9.17, 15) is 0 Å². The highest BCUT2D eigenvalue weighted by Gasteiger charge is 2.19. The molecule has 0 spiro atoms. The normalized spacial score (nSPS) is 11.5. The predicted octanol–water partition coefficient (Wildman–Crippen LogP) is 9.77. The van der Waals surface area contributed by atoms with Gasteiger partial charge < -0.3 is 4.74 Å². The molecule has 2 nitrogen and oxygen atoms in total. The minimum absolute atomic E-state index is 0.852. The van der Waals surface area contributed by atoms with E-state index in [1.54, 1.807) is 0 Å². The van der Waals surface area contributed by atoms with Gasteiger partial charge in [0.15, 0.2) is 0 Å². The Morgan fingerprint density at radius 2 is 1.16 bits per heavy atom. The summed E-state index contributed by atoms with van der Waals surface area (Å²) in [7, 11) is 0. The van der Waals surface area contributed by atoms with E-state index in [0.717, 1.165) is 33.0 Å². The molecule has 2 heteroatoms. The van der Waals surface area contributed by atoms with Crippen molar-refractivity contribution in [3.05, 3.63) is 127 Å². The molecule has 0 aliphatic rings. The van der Waals surface area contributed by atoms with Crippen LogP contribution in [0.4, 0.5) is 0 Å². The highest BCUT2D eigenvalue weighted by Crippen LogP contribution is 2.47. The van der Waals surface area contributed by atoms with Gasteiger partial charge in [0.2, 0.25) is 0 Å². The number of nitrogens with zero attached hydrogens (tertiary/aromatic N) is 1. The number of aromatic nitrogens is 1. The Morgan fingerprint density at radius 3 is 1.95 bits per heavy atom. The Morgan fingerprint density at radius 1 is 0.541 bits per heavy atom. The van der Waals surface area contributed by atoms with Crippen molar-refractivity contribution in [2.75, 3.05) is 0 Å². The summed E-state index contributed by atoms with van der Waals surface area (Å²) in [6, 6.07) is 36.7. The third-order valence-electron chi connectivity index (χ3n) is 7.23. The molecule has 176 valence electrons. The first kappa shape index (κ1) is 21.6. The van der Waals surface area contributed by atoms with E-state index in [-0.39, 0.29) is 0 Å². The lowest BCUT2D eigenvalue weighted by Crippen LogP contribution is -1.94. The summed E-state index contributed by atoms with van der Waals surface area (Å²) in [6.45, 7) is 4.21. The van der Waals surface area contributed by atoms with Gasteiger partial charge in [0.25, 0.3) is 0 Å². The van der Waals surface area contributed by atoms with E-state index < -0.39 is 0 Å². The second-order valence-electron chi connectivity index (χ2n) is 9.79. The fourth-order valence-electron chi connectivity index (χ4n) is 5.75. The summed E-state index contributed by atoms with van der Waals surface area (Å²) in [5.41, 5.74) is 4.77. The molecule has 0 bridgehead atoms. The van der Waals surface area contributed by atoms with Crippen LogP contribution in [0.3, 0.4) is 0 Å². The largest absolute Gasteiger partial charge is 0.456 e. The van der Waals surface area contributed by atoms with Gasteiger partial charge in [0.05, 0.1) is 0 Å². The van der Waals surface area contributed by atoms with E-state index in [0.29, 0.717) is 0 Å². The fourth-order valence-corrected chi connectivity index (χ4v) is 5.75. The Labute approximate surface area is 215 Å². The van der Waals surface area contributed by atoms with E-state index in [2.05, 4.69) is 122 Å². The number of rotatable bonds is 3. The number of benzene rings is 6. The number of aryl methyl sites for hydroxylation is 2. The predicted molar refractivity (Wildman–Crippen MR) is 156 cm³/mol. The van der Waals surface area contributed by atoms with Gasteiger partial charge in [-0.3, -0.25) is 4.98 Å². The third kappa shape index (κ3) is 3.53. The molecule has 7 aromatic rings. The molecule has 7 rings (SSSR count). The SMILES string of the molecule is Cc1cc(C)cc(Oc2c3ccccc3c(-c3cc4ccccc4c4ccccc34)c3cnccc23)c1. The van der Waals surface area contributed by atoms with Crippen molar-refractivity contribution in [1.82, 2.24) is 4.98 Å². The Hall–Kier alpha value is -4.69. The molecule has 0 N–H and O–H groups in total. The summed E-state index contributed by atoms with van der Waals surface area (Å²) in [5.74, 6) is 1.72. The van der Waals surface area contributed by atoms with Crippen molar-refractivity contribution in [3.63, 3.8) is 0 Å². The minimum atomic E-state index is 0.852. The van der Waals surface area contributed by atoms with Crippen LogP contribution in [0, 0.1) is 13.8 Å². The van der Waals surface area contributed by atoms with Crippen molar-refractivity contribution in [2.24, 2.45) is 0 Å². The molecule has 0 unspecified atom stereocenters. The van der Waals surface area contributed by atoms with E-state index in [4.69, 9.17) is 4.74 Å². The Bertz CT molecular complexity index is 1910. The Kier molecular flexibility index (Phi) is 4.93. The number of hydrogen-bond donors (Lipinski definition) is 0. The first-order valence-electron chi connectivity index (χ1n) is 12.6. The van der Waals surface area contributed by atoms with Crippen molar-refractivity contribution >= 4 is 43.1 Å². The van der Waals surface area contributed by atoms with Crippen LogP contribution < -0.4 is 4.74 Å². The molecule has 6 aromatic carbocycles. The van der Waals surface area contributed by atoms with E-state index in [1.807, 2.05) is 12.4 Å². The van der Waals surface area contributed by atoms with Gasteiger partial charge in [-0.2, -0.15) is 0 Å². The number of ether oxygens (including phenoxy) is 1. The zero-order valence-electron chi connectivity index (χ0n) is 20.8. The summed E-state index contributed by atoms with van der Waals surface area (Å²) in [4.78, 5) is 4.57. The molecule has 0 aliphatic carbocycles. The maximum Gasteiger partial charge on any atom is 0.143 e. The summed E-state index contributed by atoms with van der Waals surface area (Å²) >= 11 is 0. The second kappa shape index (κ2) is 8.46. The van der Waals surface area contributed by atoms with Gasteiger partial charge in [0, 0.05) is 28.6 Å². The van der Waals surface area contributed by atoms with Crippen LogP contribution in [0.5, 0.6) is 11.5 Å². The average Bonchev–Trinajstić information content (AvgIpc) is 2.92. The van der Waals surface area contributed by atoms with Crippen LogP contribution in [-0.4, -0.2) is 4.98 Å². The topological polar surface area (TPSA) is 22.1 Å². The maximum atomic E-state index is 6.69. The monoisotopic (exact) mass is 475 g/mol. The van der Waals surface area contributed by atoms with Crippen molar-refractivity contribution in [1.29, 1.82) is 0 Å². The molecular formula is C35H25NO. The molecule has 1 aromatic heterocycles. The molecule has 0 amide bonds. The highest BCUT2D eigenvalue weighted by molar-refractivity contribution is 6.23. The van der Waals surface area contributed by atoms with Gasteiger partial charge in [-0.15, -0.1) is 0 Å². The lowest BCUT2D eigenvalue weighted by atomic mass is 9.87. The third-order valence-corrected chi connectivity index (χ3v) is 7.23.